The molecule has 0 saturated heterocycles. The molecule has 82 valence electrons. The Hall–Kier alpha value is -0.940. The van der Waals surface area contributed by atoms with Crippen LogP contribution in [0.1, 0.15) is 19.8 Å². The van der Waals surface area contributed by atoms with Crippen molar-refractivity contribution in [3.05, 3.63) is 22.9 Å². The molecule has 0 bridgehead atoms. The summed E-state index contributed by atoms with van der Waals surface area (Å²) in [5, 5.41) is 11.7. The molecule has 1 rings (SSSR count). The zero-order valence-corrected chi connectivity index (χ0v) is 9.99. The van der Waals surface area contributed by atoms with E-state index in [2.05, 4.69) is 26.2 Å². The molecule has 1 aromatic heterocycles. The lowest BCUT2D eigenvalue weighted by atomic mass is 10.2. The Kier molecular flexibility index (Phi) is 4.71. The second-order valence-electron chi connectivity index (χ2n) is 3.28. The Morgan fingerprint density at radius 3 is 3.07 bits per heavy atom. The number of halogens is 1. The number of pyridine rings is 1. The van der Waals surface area contributed by atoms with Gasteiger partial charge in [0.15, 0.2) is 0 Å². The van der Waals surface area contributed by atoms with Crippen LogP contribution >= 0.6 is 15.9 Å². The van der Waals surface area contributed by atoms with Gasteiger partial charge in [0.1, 0.15) is 4.60 Å². The maximum absolute atomic E-state index is 11.4. The molecule has 1 atom stereocenters. The number of hydrogen-bond donors (Lipinski definition) is 2. The molecule has 0 aromatic carbocycles. The largest absolute Gasteiger partial charge is 0.393 e. The van der Waals surface area contributed by atoms with E-state index in [4.69, 9.17) is 5.11 Å². The van der Waals surface area contributed by atoms with E-state index in [1.807, 2.05) is 0 Å². The Morgan fingerprint density at radius 1 is 1.73 bits per heavy atom. The summed E-state index contributed by atoms with van der Waals surface area (Å²) in [7, 11) is 0. The van der Waals surface area contributed by atoms with E-state index in [0.29, 0.717) is 23.1 Å². The maximum Gasteiger partial charge on any atom is 0.224 e. The molecule has 0 aliphatic heterocycles. The van der Waals surface area contributed by atoms with Crippen molar-refractivity contribution in [2.24, 2.45) is 0 Å². The quantitative estimate of drug-likeness (QED) is 0.824. The fourth-order valence-electron chi connectivity index (χ4n) is 1.03. The highest BCUT2D eigenvalue weighted by atomic mass is 79.9. The van der Waals surface area contributed by atoms with Crippen LogP contribution < -0.4 is 5.32 Å². The van der Waals surface area contributed by atoms with E-state index in [0.717, 1.165) is 0 Å². The molecule has 4 nitrogen and oxygen atoms in total. The highest BCUT2D eigenvalue weighted by Crippen LogP contribution is 2.18. The van der Waals surface area contributed by atoms with E-state index in [9.17, 15) is 4.79 Å². The van der Waals surface area contributed by atoms with E-state index in [1.54, 1.807) is 25.3 Å². The third-order valence-corrected chi connectivity index (χ3v) is 2.45. The summed E-state index contributed by atoms with van der Waals surface area (Å²) in [6, 6.07) is 3.51. The fraction of sp³-hybridized carbons (Fsp3) is 0.400. The molecule has 5 heteroatoms. The van der Waals surface area contributed by atoms with Gasteiger partial charge in [0.25, 0.3) is 0 Å². The average Bonchev–Trinajstić information content (AvgIpc) is 2.18. The van der Waals surface area contributed by atoms with Crippen LogP contribution in [0.5, 0.6) is 0 Å². The standard InChI is InChI=1S/C10H13BrN2O2/c1-7(14)4-5-9(15)13-8-3-2-6-12-10(8)11/h2-3,6-7,14H,4-5H2,1H3,(H,13,15). The first kappa shape index (κ1) is 12.1. The summed E-state index contributed by atoms with van der Waals surface area (Å²) in [6.07, 6.45) is 1.95. The van der Waals surface area contributed by atoms with Gasteiger partial charge in [-0.15, -0.1) is 0 Å². The van der Waals surface area contributed by atoms with Crippen molar-refractivity contribution in [1.82, 2.24) is 4.98 Å². The Morgan fingerprint density at radius 2 is 2.47 bits per heavy atom. The average molecular weight is 273 g/mol. The lowest BCUT2D eigenvalue weighted by Crippen LogP contribution is -2.14. The van der Waals surface area contributed by atoms with Crippen molar-refractivity contribution < 1.29 is 9.90 Å². The lowest BCUT2D eigenvalue weighted by molar-refractivity contribution is -0.116. The van der Waals surface area contributed by atoms with Gasteiger partial charge in [-0.1, -0.05) is 0 Å². The van der Waals surface area contributed by atoms with Crippen LogP contribution in [-0.2, 0) is 4.79 Å². The van der Waals surface area contributed by atoms with Crippen LogP contribution in [-0.4, -0.2) is 22.1 Å². The lowest BCUT2D eigenvalue weighted by Gasteiger charge is -2.07. The summed E-state index contributed by atoms with van der Waals surface area (Å²) in [5.41, 5.74) is 0.646. The van der Waals surface area contributed by atoms with Gasteiger partial charge in [-0.05, 0) is 41.4 Å². The Labute approximate surface area is 96.8 Å². The number of rotatable bonds is 4. The molecular weight excluding hydrogens is 260 g/mol. The number of nitrogens with zero attached hydrogens (tertiary/aromatic N) is 1. The number of aliphatic hydroxyl groups excluding tert-OH is 1. The van der Waals surface area contributed by atoms with Gasteiger partial charge in [-0.3, -0.25) is 4.79 Å². The van der Waals surface area contributed by atoms with Crippen LogP contribution in [0.3, 0.4) is 0 Å². The maximum atomic E-state index is 11.4. The second kappa shape index (κ2) is 5.82. The van der Waals surface area contributed by atoms with Gasteiger partial charge in [-0.25, -0.2) is 4.98 Å². The topological polar surface area (TPSA) is 62.2 Å². The molecule has 0 fully saturated rings. The van der Waals surface area contributed by atoms with Gasteiger partial charge >= 0.3 is 0 Å². The smallest absolute Gasteiger partial charge is 0.224 e. The molecule has 0 saturated carbocycles. The minimum absolute atomic E-state index is 0.121. The zero-order chi connectivity index (χ0) is 11.3. The molecule has 0 spiro atoms. The molecule has 0 radical (unpaired) electrons. The van der Waals surface area contributed by atoms with E-state index in [-0.39, 0.29) is 5.91 Å². The second-order valence-corrected chi connectivity index (χ2v) is 4.03. The third kappa shape index (κ3) is 4.40. The predicted octanol–water partition coefficient (Wildman–Crippen LogP) is 1.94. The van der Waals surface area contributed by atoms with Crippen molar-refractivity contribution >= 4 is 27.5 Å². The molecule has 1 unspecified atom stereocenters. The summed E-state index contributed by atoms with van der Waals surface area (Å²) >= 11 is 3.23. The Balaban J connectivity index is 2.48. The first-order chi connectivity index (χ1) is 7.09. The minimum Gasteiger partial charge on any atom is -0.393 e. The van der Waals surface area contributed by atoms with E-state index >= 15 is 0 Å². The van der Waals surface area contributed by atoms with Gasteiger partial charge in [0, 0.05) is 12.6 Å². The van der Waals surface area contributed by atoms with Crippen LogP contribution in [0.2, 0.25) is 0 Å². The molecule has 1 amide bonds. The van der Waals surface area contributed by atoms with Crippen LogP contribution in [0, 0.1) is 0 Å². The molecule has 2 N–H and O–H groups in total. The number of nitrogens with one attached hydrogen (secondary N) is 1. The zero-order valence-electron chi connectivity index (χ0n) is 8.40. The normalized spacial score (nSPS) is 12.2. The molecule has 0 aliphatic rings. The monoisotopic (exact) mass is 272 g/mol. The number of carbonyl (C=O) groups excluding carboxylic acids is 1. The van der Waals surface area contributed by atoms with Crippen molar-refractivity contribution in [2.45, 2.75) is 25.9 Å². The SMILES string of the molecule is CC(O)CCC(=O)Nc1cccnc1Br. The highest BCUT2D eigenvalue weighted by Gasteiger charge is 2.06. The summed E-state index contributed by atoms with van der Waals surface area (Å²) < 4.78 is 0.607. The number of amides is 1. The number of hydrogen-bond acceptors (Lipinski definition) is 3. The number of aromatic nitrogens is 1. The third-order valence-electron chi connectivity index (χ3n) is 1.82. The van der Waals surface area contributed by atoms with Crippen LogP contribution in [0.25, 0.3) is 0 Å². The van der Waals surface area contributed by atoms with Gasteiger partial charge in [-0.2, -0.15) is 0 Å². The van der Waals surface area contributed by atoms with Gasteiger partial charge in [0.2, 0.25) is 5.91 Å². The predicted molar refractivity (Wildman–Crippen MR) is 61.5 cm³/mol. The first-order valence-corrected chi connectivity index (χ1v) is 5.47. The van der Waals surface area contributed by atoms with Gasteiger partial charge in [0.05, 0.1) is 11.8 Å². The van der Waals surface area contributed by atoms with Crippen molar-refractivity contribution in [1.29, 1.82) is 0 Å². The Bertz CT molecular complexity index is 342. The molecule has 15 heavy (non-hydrogen) atoms. The van der Waals surface area contributed by atoms with Crippen molar-refractivity contribution in [3.8, 4) is 0 Å². The first-order valence-electron chi connectivity index (χ1n) is 4.68. The van der Waals surface area contributed by atoms with E-state index in [1.165, 1.54) is 0 Å². The van der Waals surface area contributed by atoms with Crippen LogP contribution in [0.15, 0.2) is 22.9 Å². The van der Waals surface area contributed by atoms with Crippen molar-refractivity contribution in [3.63, 3.8) is 0 Å². The van der Waals surface area contributed by atoms with E-state index < -0.39 is 6.10 Å². The fourth-order valence-corrected chi connectivity index (χ4v) is 1.38. The van der Waals surface area contributed by atoms with Crippen LogP contribution in [0.4, 0.5) is 5.69 Å². The number of carbonyl (C=O) groups is 1. The molecule has 1 heterocycles. The molecular formula is C10H13BrN2O2. The summed E-state index contributed by atoms with van der Waals surface area (Å²) in [5.74, 6) is -0.121. The molecule has 0 aliphatic carbocycles. The summed E-state index contributed by atoms with van der Waals surface area (Å²) in [6.45, 7) is 1.66. The number of anilines is 1. The highest BCUT2D eigenvalue weighted by molar-refractivity contribution is 9.10. The summed E-state index contributed by atoms with van der Waals surface area (Å²) in [4.78, 5) is 15.4. The van der Waals surface area contributed by atoms with Crippen molar-refractivity contribution in [2.75, 3.05) is 5.32 Å². The number of aliphatic hydroxyl groups is 1. The molecule has 1 aromatic rings. The minimum atomic E-state index is -0.451. The van der Waals surface area contributed by atoms with Gasteiger partial charge < -0.3 is 10.4 Å².